The smallest absolute Gasteiger partial charge is 0.408 e. The number of amides is 3. The molecule has 0 spiro atoms. The Morgan fingerprint density at radius 2 is 1.94 bits per heavy atom. The van der Waals surface area contributed by atoms with E-state index >= 15 is 0 Å². The van der Waals surface area contributed by atoms with Crippen molar-refractivity contribution in [1.29, 1.82) is 5.41 Å². The molecule has 1 heterocycles. The molecular weight excluding hydrogens is 468 g/mol. The molecule has 2 rings (SSSR count). The summed E-state index contributed by atoms with van der Waals surface area (Å²) in [6.45, 7) is 5.49. The molecule has 12 nitrogen and oxygen atoms in total. The normalized spacial score (nSPS) is 16.1. The van der Waals surface area contributed by atoms with Crippen LogP contribution < -0.4 is 21.3 Å². The molecule has 3 amide bonds. The Hall–Kier alpha value is -3.83. The second-order valence-electron chi connectivity index (χ2n) is 9.51. The zero-order valence-electron chi connectivity index (χ0n) is 21.0. The van der Waals surface area contributed by atoms with E-state index in [4.69, 9.17) is 15.9 Å². The fourth-order valence-electron chi connectivity index (χ4n) is 3.93. The quantitative estimate of drug-likeness (QED) is 0.136. The van der Waals surface area contributed by atoms with Crippen LogP contribution in [0.1, 0.15) is 46.5 Å². The van der Waals surface area contributed by atoms with Crippen molar-refractivity contribution in [3.63, 3.8) is 0 Å². The highest BCUT2D eigenvalue weighted by atomic mass is 16.6. The van der Waals surface area contributed by atoms with Crippen LogP contribution in [0, 0.1) is 5.41 Å². The van der Waals surface area contributed by atoms with Gasteiger partial charge in [-0.2, -0.15) is 0 Å². The van der Waals surface area contributed by atoms with E-state index in [1.54, 1.807) is 20.8 Å². The van der Waals surface area contributed by atoms with Gasteiger partial charge < -0.3 is 40.8 Å². The molecule has 1 aliphatic heterocycles. The molecule has 0 saturated carbocycles. The number of hydrogen-bond acceptors (Lipinski definition) is 7. The molecular formula is C24H36N6O6. The van der Waals surface area contributed by atoms with Crippen LogP contribution >= 0.6 is 0 Å². The van der Waals surface area contributed by atoms with Crippen LogP contribution in [-0.2, 0) is 19.1 Å². The van der Waals surface area contributed by atoms with E-state index in [0.29, 0.717) is 44.3 Å². The number of benzene rings is 1. The Balaban J connectivity index is 2.19. The predicted molar refractivity (Wildman–Crippen MR) is 134 cm³/mol. The van der Waals surface area contributed by atoms with Crippen molar-refractivity contribution in [1.82, 2.24) is 15.5 Å². The average Bonchev–Trinajstić information content (AvgIpc) is 3.29. The Labute approximate surface area is 210 Å². The lowest BCUT2D eigenvalue weighted by molar-refractivity contribution is -0.137. The summed E-state index contributed by atoms with van der Waals surface area (Å²) >= 11 is 0. The number of carbonyl (C=O) groups excluding carboxylic acids is 4. The van der Waals surface area contributed by atoms with E-state index in [1.807, 2.05) is 0 Å². The standard InChI is InChI=1S/C24H36N6O6/c1-24(2,3)36-23(35)28-14-20(33)29-13-5-7-19(29)21(34)30(16-8-10-18(32)11-9-16)17(15-31)6-4-12-27-22(25)26/h8-11,15,17,19,32H,4-7,12-14H2,1-3H3,(H,28,35)(H4,25,26,27)/t17-,19-/m0/s1. The number of aromatic hydroxyl groups is 1. The van der Waals surface area contributed by atoms with E-state index in [-0.39, 0.29) is 24.7 Å². The van der Waals surface area contributed by atoms with Gasteiger partial charge in [-0.05, 0) is 70.7 Å². The van der Waals surface area contributed by atoms with E-state index in [9.17, 15) is 24.3 Å². The van der Waals surface area contributed by atoms with E-state index in [1.165, 1.54) is 34.1 Å². The maximum atomic E-state index is 13.7. The fourth-order valence-corrected chi connectivity index (χ4v) is 3.93. The fraction of sp³-hybridized carbons (Fsp3) is 0.542. The van der Waals surface area contributed by atoms with Crippen molar-refractivity contribution >= 4 is 35.8 Å². The number of likely N-dealkylation sites (tertiary alicyclic amines) is 1. The second kappa shape index (κ2) is 12.8. The lowest BCUT2D eigenvalue weighted by Gasteiger charge is -2.34. The topological polar surface area (TPSA) is 178 Å². The first-order chi connectivity index (χ1) is 16.9. The van der Waals surface area contributed by atoms with Gasteiger partial charge in [0.2, 0.25) is 11.8 Å². The number of carbonyl (C=O) groups is 4. The molecule has 6 N–H and O–H groups in total. The highest BCUT2D eigenvalue weighted by Crippen LogP contribution is 2.27. The van der Waals surface area contributed by atoms with Crippen molar-refractivity contribution < 1.29 is 29.0 Å². The number of anilines is 1. The van der Waals surface area contributed by atoms with Crippen molar-refractivity contribution in [3.8, 4) is 5.75 Å². The number of rotatable bonds is 10. The molecule has 1 aromatic rings. The molecule has 0 aliphatic carbocycles. The van der Waals surface area contributed by atoms with Crippen LogP contribution in [0.3, 0.4) is 0 Å². The van der Waals surface area contributed by atoms with Gasteiger partial charge >= 0.3 is 6.09 Å². The zero-order chi connectivity index (χ0) is 26.9. The highest BCUT2D eigenvalue weighted by molar-refractivity contribution is 6.02. The maximum Gasteiger partial charge on any atom is 0.408 e. The average molecular weight is 505 g/mol. The summed E-state index contributed by atoms with van der Waals surface area (Å²) in [7, 11) is 0. The molecule has 0 radical (unpaired) electrons. The minimum Gasteiger partial charge on any atom is -0.508 e. The molecule has 12 heteroatoms. The van der Waals surface area contributed by atoms with Gasteiger partial charge in [0, 0.05) is 18.8 Å². The molecule has 0 bridgehead atoms. The minimum atomic E-state index is -0.840. The summed E-state index contributed by atoms with van der Waals surface area (Å²) in [5.74, 6) is -1.05. The zero-order valence-corrected chi connectivity index (χ0v) is 21.0. The lowest BCUT2D eigenvalue weighted by Crippen LogP contribution is -2.53. The molecule has 0 unspecified atom stereocenters. The molecule has 1 aliphatic rings. The van der Waals surface area contributed by atoms with E-state index in [0.717, 1.165) is 0 Å². The van der Waals surface area contributed by atoms with Crippen LogP contribution in [0.15, 0.2) is 24.3 Å². The number of hydrogen-bond donors (Lipinski definition) is 5. The Bertz CT molecular complexity index is 945. The Kier molecular flexibility index (Phi) is 10.1. The summed E-state index contributed by atoms with van der Waals surface area (Å²) in [6, 6.07) is 4.23. The van der Waals surface area contributed by atoms with Crippen molar-refractivity contribution in [2.45, 2.75) is 64.1 Å². The molecule has 36 heavy (non-hydrogen) atoms. The first-order valence-electron chi connectivity index (χ1n) is 11.8. The number of nitrogens with two attached hydrogens (primary N) is 1. The number of guanidine groups is 1. The molecule has 1 fully saturated rings. The third kappa shape index (κ3) is 8.43. The van der Waals surface area contributed by atoms with E-state index in [2.05, 4.69) is 10.6 Å². The predicted octanol–water partition coefficient (Wildman–Crippen LogP) is 1.07. The van der Waals surface area contributed by atoms with Gasteiger partial charge in [0.05, 0.1) is 6.04 Å². The van der Waals surface area contributed by atoms with Crippen LogP contribution in [0.5, 0.6) is 5.75 Å². The van der Waals surface area contributed by atoms with Crippen molar-refractivity contribution in [3.05, 3.63) is 24.3 Å². The summed E-state index contributed by atoms with van der Waals surface area (Å²) in [4.78, 5) is 53.4. The van der Waals surface area contributed by atoms with Gasteiger partial charge in [-0.3, -0.25) is 15.0 Å². The SMILES string of the molecule is CC(C)(C)OC(=O)NCC(=O)N1CCC[C@H]1C(=O)N(c1ccc(O)cc1)[C@H](C=O)CCCNC(=N)N. The largest absolute Gasteiger partial charge is 0.508 e. The second-order valence-corrected chi connectivity index (χ2v) is 9.51. The minimum absolute atomic E-state index is 0.00495. The molecule has 2 atom stereocenters. The first kappa shape index (κ1) is 28.4. The lowest BCUT2D eigenvalue weighted by atomic mass is 10.1. The van der Waals surface area contributed by atoms with Gasteiger partial charge in [0.1, 0.15) is 30.2 Å². The number of nitrogens with one attached hydrogen (secondary N) is 3. The number of phenols is 1. The number of nitrogens with zero attached hydrogens (tertiary/aromatic N) is 2. The first-order valence-corrected chi connectivity index (χ1v) is 11.8. The third-order valence-electron chi connectivity index (χ3n) is 5.49. The van der Waals surface area contributed by atoms with Gasteiger partial charge in [0.15, 0.2) is 5.96 Å². The third-order valence-corrected chi connectivity index (χ3v) is 5.49. The molecule has 1 saturated heterocycles. The highest BCUT2D eigenvalue weighted by Gasteiger charge is 2.39. The van der Waals surface area contributed by atoms with Gasteiger partial charge in [0.25, 0.3) is 0 Å². The summed E-state index contributed by atoms with van der Waals surface area (Å²) < 4.78 is 5.16. The maximum absolute atomic E-state index is 13.7. The van der Waals surface area contributed by atoms with Gasteiger partial charge in [-0.1, -0.05) is 0 Å². The van der Waals surface area contributed by atoms with E-state index < -0.39 is 35.6 Å². The Morgan fingerprint density at radius 3 is 2.53 bits per heavy atom. The van der Waals surface area contributed by atoms with Gasteiger partial charge in [-0.25, -0.2) is 4.79 Å². The van der Waals surface area contributed by atoms with Crippen LogP contribution in [0.25, 0.3) is 0 Å². The van der Waals surface area contributed by atoms with Crippen molar-refractivity contribution in [2.75, 3.05) is 24.5 Å². The summed E-state index contributed by atoms with van der Waals surface area (Å²) in [5, 5.41) is 22.0. The van der Waals surface area contributed by atoms with Crippen LogP contribution in [0.2, 0.25) is 0 Å². The molecule has 1 aromatic carbocycles. The van der Waals surface area contributed by atoms with Gasteiger partial charge in [-0.15, -0.1) is 0 Å². The van der Waals surface area contributed by atoms with Crippen molar-refractivity contribution in [2.24, 2.45) is 5.73 Å². The van der Waals surface area contributed by atoms with Crippen LogP contribution in [0.4, 0.5) is 10.5 Å². The molecule has 198 valence electrons. The number of alkyl carbamates (subject to hydrolysis) is 1. The molecule has 0 aromatic heterocycles. The number of aldehydes is 1. The number of ether oxygens (including phenoxy) is 1. The summed E-state index contributed by atoms with van der Waals surface area (Å²) in [5.41, 5.74) is 4.99. The van der Waals surface area contributed by atoms with Crippen LogP contribution in [-0.4, -0.2) is 77.5 Å². The summed E-state index contributed by atoms with van der Waals surface area (Å²) in [6.07, 6.45) is 1.68. The number of phenolic OH excluding ortho intramolecular Hbond substituents is 1. The Morgan fingerprint density at radius 1 is 1.28 bits per heavy atom. The monoisotopic (exact) mass is 504 g/mol.